The van der Waals surface area contributed by atoms with Crippen LogP contribution in [0.2, 0.25) is 0 Å². The van der Waals surface area contributed by atoms with Crippen LogP contribution in [-0.2, 0) is 32.1 Å². The first kappa shape index (κ1) is 37.5. The smallest absolute Gasteiger partial charge is 0.344 e. The van der Waals surface area contributed by atoms with Gasteiger partial charge in [-0.1, -0.05) is 87.2 Å². The fourth-order valence-electron chi connectivity index (χ4n) is 6.88. The number of aromatic nitrogens is 3. The number of nitrogens with one attached hydrogen (secondary N) is 1. The quantitative estimate of drug-likeness (QED) is 0.370. The Balaban J connectivity index is 1.41. The minimum absolute atomic E-state index is 0.0816. The second-order valence-corrected chi connectivity index (χ2v) is 14.0. The summed E-state index contributed by atoms with van der Waals surface area (Å²) < 4.78 is 13.0. The van der Waals surface area contributed by atoms with Crippen molar-refractivity contribution in [2.24, 2.45) is 5.92 Å². The number of carbonyl (C=O) groups excluding carboxylic acids is 4. The Kier molecular flexibility index (Phi) is 13.6. The van der Waals surface area contributed by atoms with E-state index in [2.05, 4.69) is 15.6 Å². The molecule has 274 valence electrons. The van der Waals surface area contributed by atoms with Crippen molar-refractivity contribution in [2.45, 2.75) is 103 Å². The lowest BCUT2D eigenvalue weighted by Gasteiger charge is -2.34. The first-order valence-electron chi connectivity index (χ1n) is 18.4. The van der Waals surface area contributed by atoms with Gasteiger partial charge in [-0.25, -0.2) is 4.79 Å². The van der Waals surface area contributed by atoms with E-state index in [4.69, 9.17) is 9.47 Å². The Morgan fingerprint density at radius 1 is 0.843 bits per heavy atom. The molecule has 2 aliphatic rings. The largest absolute Gasteiger partial charge is 0.481 e. The molecular weight excluding hydrogens is 648 g/mol. The summed E-state index contributed by atoms with van der Waals surface area (Å²) in [5.74, 6) is -1.16. The molecule has 2 bridgehead atoms. The maximum Gasteiger partial charge on any atom is 0.344 e. The molecule has 0 unspecified atom stereocenters. The van der Waals surface area contributed by atoms with E-state index in [1.807, 2.05) is 55.1 Å². The summed E-state index contributed by atoms with van der Waals surface area (Å²) in [7, 11) is 1.78. The average molecular weight is 701 g/mol. The summed E-state index contributed by atoms with van der Waals surface area (Å²) in [6.07, 6.45) is 9.83. The number of nitrogens with zero attached hydrogens (tertiary/aromatic N) is 5. The van der Waals surface area contributed by atoms with Crippen LogP contribution >= 0.6 is 0 Å². The van der Waals surface area contributed by atoms with E-state index in [-0.39, 0.29) is 41.7 Å². The normalized spacial score (nSPS) is 22.2. The number of amides is 3. The van der Waals surface area contributed by atoms with Crippen LogP contribution in [0.4, 0.5) is 0 Å². The van der Waals surface area contributed by atoms with Crippen molar-refractivity contribution in [1.29, 1.82) is 0 Å². The van der Waals surface area contributed by atoms with Gasteiger partial charge in [-0.3, -0.25) is 19.1 Å². The van der Waals surface area contributed by atoms with E-state index in [0.717, 1.165) is 50.6 Å². The van der Waals surface area contributed by atoms with Gasteiger partial charge in [0.25, 0.3) is 5.91 Å². The van der Waals surface area contributed by atoms with E-state index in [1.54, 1.807) is 41.1 Å². The van der Waals surface area contributed by atoms with Crippen molar-refractivity contribution in [3.8, 4) is 5.75 Å². The number of cyclic esters (lactones) is 1. The number of hydrogen-bond acceptors (Lipinski definition) is 8. The Labute approximate surface area is 300 Å². The molecule has 5 rings (SSSR count). The van der Waals surface area contributed by atoms with E-state index >= 15 is 0 Å². The molecule has 51 heavy (non-hydrogen) atoms. The van der Waals surface area contributed by atoms with Crippen LogP contribution in [0.3, 0.4) is 0 Å². The minimum atomic E-state index is -0.868. The third-order valence-corrected chi connectivity index (χ3v) is 9.64. The molecule has 2 aromatic carbocycles. The van der Waals surface area contributed by atoms with Crippen molar-refractivity contribution < 1.29 is 28.7 Å². The van der Waals surface area contributed by atoms with E-state index in [9.17, 15) is 19.2 Å². The van der Waals surface area contributed by atoms with Gasteiger partial charge in [-0.05, 0) is 62.1 Å². The topological polar surface area (TPSA) is 136 Å². The minimum Gasteiger partial charge on any atom is -0.481 e. The standard InChI is InChI=1S/C39H52N6O6/c1-28(2)24-31-38(48)45-22-15-19-33(45)39(49)43(3)34(25-29-16-9-8-10-17-29)32-26-44(42-41-32)21-13-6-4-5-7-14-23-50-36(46)27-51-35-20-12-11-18-30(35)37(47)40-31/h8-12,16-18,20,26,28,31,33-34H,4-7,13-15,19,21-25,27H2,1-3H3,(H,40,47)/t31-,33-,34+/m1/s1. The summed E-state index contributed by atoms with van der Waals surface area (Å²) in [4.78, 5) is 58.1. The fourth-order valence-corrected chi connectivity index (χ4v) is 6.88. The maximum atomic E-state index is 14.4. The lowest BCUT2D eigenvalue weighted by Crippen LogP contribution is -2.54. The number of benzene rings is 2. The molecular formula is C39H52N6O6. The molecule has 2 aliphatic heterocycles. The summed E-state index contributed by atoms with van der Waals surface area (Å²) in [6, 6.07) is 14.7. The zero-order valence-electron chi connectivity index (χ0n) is 30.2. The molecule has 0 spiro atoms. The van der Waals surface area contributed by atoms with Crippen molar-refractivity contribution in [2.75, 3.05) is 26.8 Å². The van der Waals surface area contributed by atoms with E-state index in [1.165, 1.54) is 0 Å². The number of hydrogen-bond donors (Lipinski definition) is 1. The van der Waals surface area contributed by atoms with Gasteiger partial charge in [0, 0.05) is 20.1 Å². The van der Waals surface area contributed by atoms with Gasteiger partial charge in [0.1, 0.15) is 23.5 Å². The molecule has 0 radical (unpaired) electrons. The van der Waals surface area contributed by atoms with Gasteiger partial charge in [0.15, 0.2) is 6.61 Å². The molecule has 1 fully saturated rings. The number of aryl methyl sites for hydroxylation is 1. The number of esters is 1. The lowest BCUT2D eigenvalue weighted by atomic mass is 10.00. The maximum absolute atomic E-state index is 14.4. The Morgan fingerprint density at radius 3 is 2.35 bits per heavy atom. The molecule has 3 aromatic rings. The van der Waals surface area contributed by atoms with Gasteiger partial charge in [-0.2, -0.15) is 0 Å². The molecule has 3 amide bonds. The number of carbonyl (C=O) groups is 4. The highest BCUT2D eigenvalue weighted by Gasteiger charge is 2.41. The fraction of sp³-hybridized carbons (Fsp3) is 0.538. The number of likely N-dealkylation sites (N-methyl/N-ethyl adjacent to an activating group) is 1. The summed E-state index contributed by atoms with van der Waals surface area (Å²) >= 11 is 0. The van der Waals surface area contributed by atoms with Crippen molar-refractivity contribution >= 4 is 23.7 Å². The third-order valence-electron chi connectivity index (χ3n) is 9.64. The van der Waals surface area contributed by atoms with Crippen LogP contribution in [0.5, 0.6) is 5.75 Å². The molecule has 3 heterocycles. The Hall–Kier alpha value is -4.74. The second kappa shape index (κ2) is 18.5. The van der Waals surface area contributed by atoms with Crippen molar-refractivity contribution in [3.05, 3.63) is 77.6 Å². The van der Waals surface area contributed by atoms with Crippen LogP contribution < -0.4 is 10.1 Å². The van der Waals surface area contributed by atoms with E-state index < -0.39 is 24.0 Å². The van der Waals surface area contributed by atoms with Crippen LogP contribution in [0, 0.1) is 5.92 Å². The average Bonchev–Trinajstić information content (AvgIpc) is 3.82. The molecule has 0 saturated carbocycles. The third kappa shape index (κ3) is 10.4. The van der Waals surface area contributed by atoms with Gasteiger partial charge < -0.3 is 24.6 Å². The molecule has 1 N–H and O–H groups in total. The lowest BCUT2D eigenvalue weighted by molar-refractivity contribution is -0.146. The number of rotatable bonds is 4. The molecule has 0 aliphatic carbocycles. The first-order valence-corrected chi connectivity index (χ1v) is 18.4. The van der Waals surface area contributed by atoms with Crippen LogP contribution in [0.1, 0.15) is 99.3 Å². The predicted molar refractivity (Wildman–Crippen MR) is 192 cm³/mol. The molecule has 12 nitrogen and oxygen atoms in total. The molecule has 1 aromatic heterocycles. The predicted octanol–water partition coefficient (Wildman–Crippen LogP) is 5.13. The highest BCUT2D eigenvalue weighted by Crippen LogP contribution is 2.28. The molecule has 3 atom stereocenters. The monoisotopic (exact) mass is 700 g/mol. The van der Waals surface area contributed by atoms with Crippen molar-refractivity contribution in [1.82, 2.24) is 30.1 Å². The van der Waals surface area contributed by atoms with Crippen LogP contribution in [0.25, 0.3) is 0 Å². The van der Waals surface area contributed by atoms with Gasteiger partial charge in [0.05, 0.1) is 24.4 Å². The number of fused-ring (bicyclic) bond motifs is 4. The Bertz CT molecular complexity index is 1610. The molecule has 12 heteroatoms. The number of ether oxygens (including phenoxy) is 2. The number of para-hydroxylation sites is 1. The zero-order chi connectivity index (χ0) is 36.2. The molecule has 1 saturated heterocycles. The highest BCUT2D eigenvalue weighted by atomic mass is 16.6. The second-order valence-electron chi connectivity index (χ2n) is 14.0. The van der Waals surface area contributed by atoms with Crippen LogP contribution in [0.15, 0.2) is 60.8 Å². The zero-order valence-corrected chi connectivity index (χ0v) is 30.2. The van der Waals surface area contributed by atoms with Crippen molar-refractivity contribution in [3.63, 3.8) is 0 Å². The van der Waals surface area contributed by atoms with Gasteiger partial charge in [-0.15, -0.1) is 5.10 Å². The highest BCUT2D eigenvalue weighted by molar-refractivity contribution is 6.00. The van der Waals surface area contributed by atoms with Crippen LogP contribution in [-0.4, -0.2) is 87.4 Å². The Morgan fingerprint density at radius 2 is 1.57 bits per heavy atom. The van der Waals surface area contributed by atoms with Gasteiger partial charge >= 0.3 is 5.97 Å². The van der Waals surface area contributed by atoms with E-state index in [0.29, 0.717) is 44.5 Å². The summed E-state index contributed by atoms with van der Waals surface area (Å²) in [5.41, 5.74) is 1.97. The SMILES string of the molecule is CC(C)C[C@H]1NC(=O)c2ccccc2OCC(=O)OCCCCCCCCn2cc(nn2)[C@H](Cc2ccccc2)N(C)C(=O)[C@H]2CCCN2C1=O. The summed E-state index contributed by atoms with van der Waals surface area (Å²) in [6.45, 7) is 5.08. The van der Waals surface area contributed by atoms with Gasteiger partial charge in [0.2, 0.25) is 11.8 Å². The summed E-state index contributed by atoms with van der Waals surface area (Å²) in [5, 5.41) is 11.9. The first-order chi connectivity index (χ1) is 24.7.